The van der Waals surface area contributed by atoms with Crippen molar-refractivity contribution in [2.75, 3.05) is 0 Å². The number of hydrogen-bond acceptors (Lipinski definition) is 3. The zero-order valence-electron chi connectivity index (χ0n) is 11.2. The lowest BCUT2D eigenvalue weighted by Gasteiger charge is -2.12. The molecule has 104 valence electrons. The molecule has 0 saturated heterocycles. The summed E-state index contributed by atoms with van der Waals surface area (Å²) < 4.78 is 6.99. The van der Waals surface area contributed by atoms with E-state index >= 15 is 0 Å². The molecule has 1 aliphatic rings. The molecule has 4 heteroatoms. The summed E-state index contributed by atoms with van der Waals surface area (Å²) in [7, 11) is 0. The molecule has 1 fully saturated rings. The van der Waals surface area contributed by atoms with Crippen LogP contribution in [0.5, 0.6) is 5.75 Å². The fourth-order valence-corrected chi connectivity index (χ4v) is 2.41. The second-order valence-electron chi connectivity index (χ2n) is 5.02. The number of pyridine rings is 1. The van der Waals surface area contributed by atoms with E-state index in [1.807, 2.05) is 30.3 Å². The standard InChI is InChI=1S/C16H17BrN2O/c17-13-4-7-16(12(9-13)10-19-14-5-6-14)20-11-15-3-1-2-8-18-15/h1-4,7-9,14,19H,5-6,10-11H2. The van der Waals surface area contributed by atoms with Crippen LogP contribution in [0.4, 0.5) is 0 Å². The highest BCUT2D eigenvalue weighted by Gasteiger charge is 2.20. The molecule has 1 aliphatic carbocycles. The third-order valence-electron chi connectivity index (χ3n) is 3.28. The molecule has 0 radical (unpaired) electrons. The van der Waals surface area contributed by atoms with Gasteiger partial charge in [0.1, 0.15) is 12.4 Å². The van der Waals surface area contributed by atoms with Crippen LogP contribution in [0.25, 0.3) is 0 Å². The van der Waals surface area contributed by atoms with Crippen LogP contribution in [0.2, 0.25) is 0 Å². The summed E-state index contributed by atoms with van der Waals surface area (Å²) >= 11 is 3.52. The first kappa shape index (κ1) is 13.6. The van der Waals surface area contributed by atoms with Gasteiger partial charge in [-0.3, -0.25) is 4.98 Å². The lowest BCUT2D eigenvalue weighted by molar-refractivity contribution is 0.297. The Morgan fingerprint density at radius 2 is 2.15 bits per heavy atom. The molecular weight excluding hydrogens is 316 g/mol. The van der Waals surface area contributed by atoms with Gasteiger partial charge in [-0.1, -0.05) is 22.0 Å². The van der Waals surface area contributed by atoms with Crippen LogP contribution in [0.1, 0.15) is 24.1 Å². The molecule has 3 rings (SSSR count). The van der Waals surface area contributed by atoms with Crippen molar-refractivity contribution in [3.8, 4) is 5.75 Å². The van der Waals surface area contributed by atoms with Crippen molar-refractivity contribution < 1.29 is 4.74 Å². The number of aromatic nitrogens is 1. The van der Waals surface area contributed by atoms with Crippen LogP contribution in [0.15, 0.2) is 47.1 Å². The van der Waals surface area contributed by atoms with Crippen molar-refractivity contribution in [2.45, 2.75) is 32.0 Å². The van der Waals surface area contributed by atoms with Crippen LogP contribution in [-0.4, -0.2) is 11.0 Å². The van der Waals surface area contributed by atoms with Gasteiger partial charge in [0.2, 0.25) is 0 Å². The van der Waals surface area contributed by atoms with Gasteiger partial charge < -0.3 is 10.1 Å². The Labute approximate surface area is 127 Å². The predicted octanol–water partition coefficient (Wildman–Crippen LogP) is 3.68. The minimum atomic E-state index is 0.499. The number of nitrogens with zero attached hydrogens (tertiary/aromatic N) is 1. The summed E-state index contributed by atoms with van der Waals surface area (Å²) in [6.45, 7) is 1.35. The van der Waals surface area contributed by atoms with Crippen molar-refractivity contribution in [1.82, 2.24) is 10.3 Å². The Kier molecular flexibility index (Phi) is 4.33. The molecule has 0 aliphatic heterocycles. The Morgan fingerprint density at radius 3 is 2.90 bits per heavy atom. The van der Waals surface area contributed by atoms with Crippen LogP contribution in [-0.2, 0) is 13.2 Å². The van der Waals surface area contributed by atoms with Gasteiger partial charge in [0, 0.05) is 28.8 Å². The Balaban J connectivity index is 1.67. The molecule has 20 heavy (non-hydrogen) atoms. The third-order valence-corrected chi connectivity index (χ3v) is 3.78. The normalized spacial score (nSPS) is 14.2. The fourth-order valence-electron chi connectivity index (χ4n) is 2.00. The van der Waals surface area contributed by atoms with E-state index in [2.05, 4.69) is 32.3 Å². The smallest absolute Gasteiger partial charge is 0.130 e. The molecule has 0 unspecified atom stereocenters. The van der Waals surface area contributed by atoms with E-state index < -0.39 is 0 Å². The molecule has 1 saturated carbocycles. The lowest BCUT2D eigenvalue weighted by Crippen LogP contribution is -2.16. The molecule has 1 heterocycles. The van der Waals surface area contributed by atoms with Crippen molar-refractivity contribution in [2.24, 2.45) is 0 Å². The summed E-state index contributed by atoms with van der Waals surface area (Å²) in [4.78, 5) is 4.28. The average Bonchev–Trinajstić information content (AvgIpc) is 3.29. The topological polar surface area (TPSA) is 34.1 Å². The minimum Gasteiger partial charge on any atom is -0.487 e. The quantitative estimate of drug-likeness (QED) is 0.876. The van der Waals surface area contributed by atoms with Gasteiger partial charge in [0.05, 0.1) is 5.69 Å². The summed E-state index contributed by atoms with van der Waals surface area (Å²) in [6.07, 6.45) is 4.37. The molecule has 0 amide bonds. The maximum Gasteiger partial charge on any atom is 0.130 e. The van der Waals surface area contributed by atoms with Crippen LogP contribution >= 0.6 is 15.9 Å². The zero-order chi connectivity index (χ0) is 13.8. The first-order valence-electron chi connectivity index (χ1n) is 6.86. The molecule has 1 aromatic carbocycles. The van der Waals surface area contributed by atoms with Crippen LogP contribution < -0.4 is 10.1 Å². The van der Waals surface area contributed by atoms with Gasteiger partial charge >= 0.3 is 0 Å². The van der Waals surface area contributed by atoms with E-state index in [-0.39, 0.29) is 0 Å². The van der Waals surface area contributed by atoms with Gasteiger partial charge in [0.15, 0.2) is 0 Å². The highest BCUT2D eigenvalue weighted by Crippen LogP contribution is 2.26. The molecule has 3 nitrogen and oxygen atoms in total. The predicted molar refractivity (Wildman–Crippen MR) is 82.6 cm³/mol. The number of hydrogen-bond donors (Lipinski definition) is 1. The molecule has 1 aromatic heterocycles. The lowest BCUT2D eigenvalue weighted by atomic mass is 10.2. The largest absolute Gasteiger partial charge is 0.487 e. The van der Waals surface area contributed by atoms with Crippen molar-refractivity contribution >= 4 is 15.9 Å². The van der Waals surface area contributed by atoms with Crippen LogP contribution in [0.3, 0.4) is 0 Å². The van der Waals surface area contributed by atoms with Crippen LogP contribution in [0, 0.1) is 0 Å². The summed E-state index contributed by atoms with van der Waals surface area (Å²) in [6, 6.07) is 12.7. The van der Waals surface area contributed by atoms with Gasteiger partial charge in [-0.2, -0.15) is 0 Å². The summed E-state index contributed by atoms with van der Waals surface area (Å²) in [5.74, 6) is 0.923. The van der Waals surface area contributed by atoms with Gasteiger partial charge in [-0.05, 0) is 43.2 Å². The van der Waals surface area contributed by atoms with E-state index in [9.17, 15) is 0 Å². The zero-order valence-corrected chi connectivity index (χ0v) is 12.8. The number of ether oxygens (including phenoxy) is 1. The van der Waals surface area contributed by atoms with Gasteiger partial charge in [-0.15, -0.1) is 0 Å². The first-order chi connectivity index (χ1) is 9.81. The second kappa shape index (κ2) is 6.37. The molecule has 0 atom stereocenters. The summed E-state index contributed by atoms with van der Waals surface area (Å²) in [5.41, 5.74) is 2.12. The average molecular weight is 333 g/mol. The maximum atomic E-state index is 5.91. The van der Waals surface area contributed by atoms with Gasteiger partial charge in [-0.25, -0.2) is 0 Å². The summed E-state index contributed by atoms with van der Waals surface area (Å²) in [5, 5.41) is 3.52. The number of halogens is 1. The van der Waals surface area contributed by atoms with Crippen molar-refractivity contribution in [3.05, 3.63) is 58.3 Å². The first-order valence-corrected chi connectivity index (χ1v) is 7.65. The third kappa shape index (κ3) is 3.81. The molecule has 2 aromatic rings. The highest BCUT2D eigenvalue weighted by atomic mass is 79.9. The Bertz CT molecular complexity index is 570. The minimum absolute atomic E-state index is 0.499. The molecule has 1 N–H and O–H groups in total. The van der Waals surface area contributed by atoms with Gasteiger partial charge in [0.25, 0.3) is 0 Å². The number of rotatable bonds is 6. The number of benzene rings is 1. The second-order valence-corrected chi connectivity index (χ2v) is 5.93. The molecular formula is C16H17BrN2O. The van der Waals surface area contributed by atoms with Crippen molar-refractivity contribution in [3.63, 3.8) is 0 Å². The molecule has 0 spiro atoms. The maximum absolute atomic E-state index is 5.91. The fraction of sp³-hybridized carbons (Fsp3) is 0.312. The van der Waals surface area contributed by atoms with E-state index in [1.165, 1.54) is 18.4 Å². The Morgan fingerprint density at radius 1 is 1.25 bits per heavy atom. The molecule has 0 bridgehead atoms. The monoisotopic (exact) mass is 332 g/mol. The Hall–Kier alpha value is -1.39. The van der Waals surface area contributed by atoms with E-state index in [0.717, 1.165) is 22.5 Å². The highest BCUT2D eigenvalue weighted by molar-refractivity contribution is 9.10. The number of nitrogens with one attached hydrogen (secondary N) is 1. The van der Waals surface area contributed by atoms with E-state index in [1.54, 1.807) is 6.20 Å². The van der Waals surface area contributed by atoms with Crippen molar-refractivity contribution in [1.29, 1.82) is 0 Å². The van der Waals surface area contributed by atoms with E-state index in [0.29, 0.717) is 12.6 Å². The SMILES string of the molecule is Brc1ccc(OCc2ccccn2)c(CNC2CC2)c1. The van der Waals surface area contributed by atoms with E-state index in [4.69, 9.17) is 4.74 Å².